The number of carboxylic acids is 1. The highest BCUT2D eigenvalue weighted by Gasteiger charge is 2.49. The van der Waals surface area contributed by atoms with Crippen LogP contribution in [0.3, 0.4) is 0 Å². The van der Waals surface area contributed by atoms with Crippen molar-refractivity contribution in [3.05, 3.63) is 89.5 Å². The SMILES string of the molecule is CC(NC(=O)OCC1c2ccccc2-c2ccccc21)(C(=O)Nc1ccc(C(=O)O)cc1)C1CC1. The van der Waals surface area contributed by atoms with Crippen LogP contribution in [0, 0.1) is 5.92 Å². The van der Waals surface area contributed by atoms with Crippen molar-refractivity contribution in [1.29, 1.82) is 0 Å². The minimum Gasteiger partial charge on any atom is -0.478 e. The number of carbonyl (C=O) groups is 3. The number of carbonyl (C=O) groups excluding carboxylic acids is 2. The highest BCUT2D eigenvalue weighted by Crippen LogP contribution is 2.44. The number of hydrogen-bond acceptors (Lipinski definition) is 4. The van der Waals surface area contributed by atoms with Gasteiger partial charge in [-0.25, -0.2) is 9.59 Å². The van der Waals surface area contributed by atoms with E-state index in [0.29, 0.717) is 5.69 Å². The summed E-state index contributed by atoms with van der Waals surface area (Å²) in [6.07, 6.45) is 1.01. The maximum atomic E-state index is 13.2. The van der Waals surface area contributed by atoms with Crippen molar-refractivity contribution in [2.75, 3.05) is 11.9 Å². The first kappa shape index (κ1) is 22.7. The van der Waals surface area contributed by atoms with Crippen molar-refractivity contribution in [2.24, 2.45) is 5.92 Å². The summed E-state index contributed by atoms with van der Waals surface area (Å²) in [5.74, 6) is -1.47. The molecule has 0 heterocycles. The van der Waals surface area contributed by atoms with Crippen LogP contribution in [0.5, 0.6) is 0 Å². The molecule has 178 valence electrons. The monoisotopic (exact) mass is 470 g/mol. The van der Waals surface area contributed by atoms with Crippen LogP contribution in [0.4, 0.5) is 10.5 Å². The normalized spacial score (nSPS) is 15.9. The Morgan fingerprint density at radius 1 is 0.914 bits per heavy atom. The van der Waals surface area contributed by atoms with E-state index in [1.807, 2.05) is 24.3 Å². The predicted octanol–water partition coefficient (Wildman–Crippen LogP) is 5.03. The largest absolute Gasteiger partial charge is 0.478 e. The van der Waals surface area contributed by atoms with Crippen LogP contribution in [0.25, 0.3) is 11.1 Å². The molecule has 3 aromatic carbocycles. The first-order chi connectivity index (χ1) is 16.9. The fourth-order valence-electron chi connectivity index (χ4n) is 4.81. The lowest BCUT2D eigenvalue weighted by Crippen LogP contribution is -2.56. The van der Waals surface area contributed by atoms with Crippen molar-refractivity contribution in [3.63, 3.8) is 0 Å². The molecule has 2 amide bonds. The molecule has 2 aliphatic rings. The molecule has 0 aliphatic heterocycles. The number of rotatable bonds is 7. The number of aromatic carboxylic acids is 1. The van der Waals surface area contributed by atoms with Gasteiger partial charge < -0.3 is 20.5 Å². The summed E-state index contributed by atoms with van der Waals surface area (Å²) in [4.78, 5) is 37.1. The minimum atomic E-state index is -1.14. The number of ether oxygens (including phenoxy) is 1. The summed E-state index contributed by atoms with van der Waals surface area (Å²) in [7, 11) is 0. The lowest BCUT2D eigenvalue weighted by Gasteiger charge is -2.29. The van der Waals surface area contributed by atoms with Crippen molar-refractivity contribution in [3.8, 4) is 11.1 Å². The Morgan fingerprint density at radius 2 is 1.49 bits per heavy atom. The van der Waals surface area contributed by atoms with Gasteiger partial charge in [-0.1, -0.05) is 48.5 Å². The Kier molecular flexibility index (Phi) is 5.76. The van der Waals surface area contributed by atoms with Crippen LogP contribution < -0.4 is 10.6 Å². The molecule has 1 atom stereocenters. The Hall–Kier alpha value is -4.13. The summed E-state index contributed by atoms with van der Waals surface area (Å²) in [5.41, 5.74) is 3.98. The topological polar surface area (TPSA) is 105 Å². The van der Waals surface area contributed by atoms with Gasteiger partial charge in [-0.15, -0.1) is 0 Å². The van der Waals surface area contributed by atoms with Gasteiger partial charge >= 0.3 is 12.1 Å². The molecule has 2 aliphatic carbocycles. The first-order valence-electron chi connectivity index (χ1n) is 11.6. The van der Waals surface area contributed by atoms with E-state index in [2.05, 4.69) is 34.9 Å². The summed E-state index contributed by atoms with van der Waals surface area (Å²) >= 11 is 0. The second-order valence-electron chi connectivity index (χ2n) is 9.26. The molecule has 0 saturated heterocycles. The molecular weight excluding hydrogens is 444 g/mol. The number of benzene rings is 3. The smallest absolute Gasteiger partial charge is 0.408 e. The van der Waals surface area contributed by atoms with Gasteiger partial charge in [0.05, 0.1) is 5.56 Å². The molecule has 7 nitrogen and oxygen atoms in total. The van der Waals surface area contributed by atoms with Crippen LogP contribution in [0.1, 0.15) is 47.2 Å². The minimum absolute atomic E-state index is 0.00118. The van der Waals surface area contributed by atoms with Crippen molar-refractivity contribution in [1.82, 2.24) is 5.32 Å². The molecule has 7 heteroatoms. The zero-order valence-electron chi connectivity index (χ0n) is 19.3. The van der Waals surface area contributed by atoms with Gasteiger partial charge in [-0.2, -0.15) is 0 Å². The molecule has 0 radical (unpaired) electrons. The summed E-state index contributed by atoms with van der Waals surface area (Å²) in [5, 5.41) is 14.7. The van der Waals surface area contributed by atoms with Crippen molar-refractivity contribution in [2.45, 2.75) is 31.2 Å². The highest BCUT2D eigenvalue weighted by molar-refractivity contribution is 6.00. The van der Waals surface area contributed by atoms with Gasteiger partial charge in [0.15, 0.2) is 0 Å². The third kappa shape index (κ3) is 4.37. The maximum absolute atomic E-state index is 13.2. The van der Waals surface area contributed by atoms with E-state index in [4.69, 9.17) is 9.84 Å². The molecule has 0 bridgehead atoms. The summed E-state index contributed by atoms with van der Waals surface area (Å²) in [6.45, 7) is 1.87. The quantitative estimate of drug-likeness (QED) is 0.449. The van der Waals surface area contributed by atoms with Crippen LogP contribution in [0.2, 0.25) is 0 Å². The lowest BCUT2D eigenvalue weighted by atomic mass is 9.94. The molecule has 35 heavy (non-hydrogen) atoms. The second-order valence-corrected chi connectivity index (χ2v) is 9.26. The van der Waals surface area contributed by atoms with E-state index >= 15 is 0 Å². The molecule has 1 unspecified atom stereocenters. The molecule has 0 aromatic heterocycles. The van der Waals surface area contributed by atoms with Crippen LogP contribution in [-0.2, 0) is 9.53 Å². The van der Waals surface area contributed by atoms with Gasteiger partial charge in [-0.05, 0) is 72.2 Å². The van der Waals surface area contributed by atoms with Crippen LogP contribution in [0.15, 0.2) is 72.8 Å². The number of alkyl carbamates (subject to hydrolysis) is 1. The van der Waals surface area contributed by atoms with Crippen molar-refractivity contribution < 1.29 is 24.2 Å². The van der Waals surface area contributed by atoms with Gasteiger partial charge in [0.25, 0.3) is 0 Å². The summed E-state index contributed by atoms with van der Waals surface area (Å²) in [6, 6.07) is 22.1. The van der Waals surface area contributed by atoms with E-state index in [1.165, 1.54) is 24.3 Å². The van der Waals surface area contributed by atoms with Gasteiger partial charge in [0.1, 0.15) is 12.1 Å². The van der Waals surface area contributed by atoms with Gasteiger partial charge in [-0.3, -0.25) is 4.79 Å². The fraction of sp³-hybridized carbons (Fsp3) is 0.250. The van der Waals surface area contributed by atoms with E-state index in [-0.39, 0.29) is 29.9 Å². The van der Waals surface area contributed by atoms with Crippen LogP contribution in [-0.4, -0.2) is 35.2 Å². The molecule has 3 N–H and O–H groups in total. The zero-order chi connectivity index (χ0) is 24.6. The predicted molar refractivity (Wildman–Crippen MR) is 131 cm³/mol. The number of anilines is 1. The van der Waals surface area contributed by atoms with Crippen LogP contribution >= 0.6 is 0 Å². The number of hydrogen-bond donors (Lipinski definition) is 3. The van der Waals surface area contributed by atoms with E-state index in [9.17, 15) is 14.4 Å². The molecule has 3 aromatic rings. The Morgan fingerprint density at radius 3 is 2.03 bits per heavy atom. The molecule has 1 fully saturated rings. The standard InChI is InChI=1S/C28H26N2O5/c1-28(18-12-13-18,26(33)29-19-14-10-17(11-15-19)25(31)32)30-27(34)35-16-24-22-8-4-2-6-20(22)21-7-3-5-9-23(21)24/h2-11,14-15,18,24H,12-13,16H2,1H3,(H,29,33)(H,30,34)(H,31,32). The third-order valence-electron chi connectivity index (χ3n) is 6.96. The molecule has 1 saturated carbocycles. The molecule has 5 rings (SSSR count). The maximum Gasteiger partial charge on any atom is 0.408 e. The zero-order valence-corrected chi connectivity index (χ0v) is 19.3. The number of nitrogens with one attached hydrogen (secondary N) is 2. The molecule has 0 spiro atoms. The van der Waals surface area contributed by atoms with E-state index < -0.39 is 17.6 Å². The highest BCUT2D eigenvalue weighted by atomic mass is 16.5. The van der Waals surface area contributed by atoms with E-state index in [1.54, 1.807) is 6.92 Å². The average molecular weight is 471 g/mol. The fourth-order valence-corrected chi connectivity index (χ4v) is 4.81. The second kappa shape index (κ2) is 8.91. The summed E-state index contributed by atoms with van der Waals surface area (Å²) < 4.78 is 5.66. The third-order valence-corrected chi connectivity index (χ3v) is 6.96. The van der Waals surface area contributed by atoms with Gasteiger partial charge in [0, 0.05) is 11.6 Å². The Balaban J connectivity index is 1.26. The first-order valence-corrected chi connectivity index (χ1v) is 11.6. The average Bonchev–Trinajstić information content (AvgIpc) is 3.67. The van der Waals surface area contributed by atoms with E-state index in [0.717, 1.165) is 35.1 Å². The lowest BCUT2D eigenvalue weighted by molar-refractivity contribution is -0.122. The molecular formula is C28H26N2O5. The number of fused-ring (bicyclic) bond motifs is 3. The number of amides is 2. The van der Waals surface area contributed by atoms with Gasteiger partial charge in [0.2, 0.25) is 5.91 Å². The Bertz CT molecular complexity index is 1250. The van der Waals surface area contributed by atoms with Crippen molar-refractivity contribution >= 4 is 23.7 Å². The Labute approximate surface area is 203 Å². The number of carboxylic acid groups (broad SMARTS) is 1.